The lowest BCUT2D eigenvalue weighted by atomic mass is 9.85. The molecule has 0 bridgehead atoms. The second-order valence-electron chi connectivity index (χ2n) is 13.9. The van der Waals surface area contributed by atoms with E-state index in [2.05, 4.69) is 29.7 Å². The van der Waals surface area contributed by atoms with E-state index in [-0.39, 0.29) is 12.5 Å². The summed E-state index contributed by atoms with van der Waals surface area (Å²) in [6, 6.07) is 8.11. The van der Waals surface area contributed by atoms with Crippen LogP contribution in [0.3, 0.4) is 0 Å². The van der Waals surface area contributed by atoms with E-state index in [0.29, 0.717) is 13.0 Å². The van der Waals surface area contributed by atoms with Gasteiger partial charge in [0.2, 0.25) is 5.91 Å². The molecule has 46 heavy (non-hydrogen) atoms. The molecule has 2 unspecified atom stereocenters. The highest BCUT2D eigenvalue weighted by atomic mass is 16.7. The SMILES string of the molecule is CCCCCCCCC=CCCCCCCCC(=O)N[C@H](COC(=O)C(C)NC(=O)C1OC(C)(C)OCC1(C)C)c1ccccc1. The third kappa shape index (κ3) is 15.7. The second kappa shape index (κ2) is 21.2. The Morgan fingerprint density at radius 1 is 0.870 bits per heavy atom. The van der Waals surface area contributed by atoms with Crippen LogP contribution in [0.1, 0.15) is 143 Å². The summed E-state index contributed by atoms with van der Waals surface area (Å²) in [5, 5.41) is 5.78. The summed E-state index contributed by atoms with van der Waals surface area (Å²) in [6.07, 6.45) is 20.0. The van der Waals surface area contributed by atoms with Crippen molar-refractivity contribution in [2.45, 2.75) is 155 Å². The molecule has 1 heterocycles. The van der Waals surface area contributed by atoms with E-state index in [0.717, 1.165) is 31.2 Å². The number of allylic oxidation sites excluding steroid dienone is 2. The van der Waals surface area contributed by atoms with Crippen molar-refractivity contribution < 1.29 is 28.6 Å². The minimum atomic E-state index is -0.896. The quantitative estimate of drug-likeness (QED) is 0.0753. The maximum Gasteiger partial charge on any atom is 0.328 e. The molecular formula is C38H62N2O6. The van der Waals surface area contributed by atoms with Crippen LogP contribution in [-0.4, -0.2) is 48.9 Å². The summed E-state index contributed by atoms with van der Waals surface area (Å²) in [7, 11) is 0. The topological polar surface area (TPSA) is 103 Å². The van der Waals surface area contributed by atoms with Crippen LogP contribution in [0.25, 0.3) is 0 Å². The molecule has 3 atom stereocenters. The second-order valence-corrected chi connectivity index (χ2v) is 13.9. The van der Waals surface area contributed by atoms with Crippen molar-refractivity contribution in [3.8, 4) is 0 Å². The molecule has 2 rings (SSSR count). The largest absolute Gasteiger partial charge is 0.462 e. The Kier molecular flexibility index (Phi) is 18.2. The average molecular weight is 643 g/mol. The van der Waals surface area contributed by atoms with Gasteiger partial charge in [0, 0.05) is 11.8 Å². The van der Waals surface area contributed by atoms with Gasteiger partial charge in [-0.1, -0.05) is 115 Å². The average Bonchev–Trinajstić information content (AvgIpc) is 3.02. The molecule has 260 valence electrons. The fourth-order valence-electron chi connectivity index (χ4n) is 5.49. The first-order chi connectivity index (χ1) is 21.9. The standard InChI is InChI=1S/C38H62N2O6/c1-7-8-9-10-11-12-13-14-15-16-17-18-19-20-24-27-33(41)40-32(31-25-22-21-23-26-31)28-44-36(43)30(2)39-35(42)34-37(3,4)29-45-38(5,6)46-34/h14-15,21-23,25-26,30,32,34H,7-13,16-20,24,27-29H2,1-6H3,(H,39,42)(H,40,41)/t30?,32-,34?/m1/s1. The predicted molar refractivity (Wildman–Crippen MR) is 184 cm³/mol. The zero-order valence-corrected chi connectivity index (χ0v) is 29.5. The van der Waals surface area contributed by atoms with E-state index < -0.39 is 41.3 Å². The highest BCUT2D eigenvalue weighted by molar-refractivity contribution is 5.87. The van der Waals surface area contributed by atoms with Gasteiger partial charge < -0.3 is 24.8 Å². The number of carbonyl (C=O) groups excluding carboxylic acids is 3. The Morgan fingerprint density at radius 2 is 1.46 bits per heavy atom. The molecule has 0 spiro atoms. The first-order valence-corrected chi connectivity index (χ1v) is 17.7. The molecule has 1 saturated heterocycles. The first kappa shape index (κ1) is 39.5. The van der Waals surface area contributed by atoms with Gasteiger partial charge in [-0.3, -0.25) is 9.59 Å². The molecular weight excluding hydrogens is 580 g/mol. The summed E-state index contributed by atoms with van der Waals surface area (Å²) in [4.78, 5) is 38.8. The van der Waals surface area contributed by atoms with Crippen molar-refractivity contribution in [2.75, 3.05) is 13.2 Å². The van der Waals surface area contributed by atoms with E-state index in [1.165, 1.54) is 57.8 Å². The zero-order valence-electron chi connectivity index (χ0n) is 29.5. The lowest BCUT2D eigenvalue weighted by Crippen LogP contribution is -2.58. The number of unbranched alkanes of at least 4 members (excludes halogenated alkanes) is 11. The van der Waals surface area contributed by atoms with E-state index in [1.807, 2.05) is 44.2 Å². The summed E-state index contributed by atoms with van der Waals surface area (Å²) >= 11 is 0. The van der Waals surface area contributed by atoms with Crippen LogP contribution in [0.15, 0.2) is 42.5 Å². The molecule has 1 aliphatic rings. The van der Waals surface area contributed by atoms with Gasteiger partial charge in [-0.25, -0.2) is 4.79 Å². The van der Waals surface area contributed by atoms with Crippen molar-refractivity contribution >= 4 is 17.8 Å². The molecule has 1 aliphatic heterocycles. The predicted octanol–water partition coefficient (Wildman–Crippen LogP) is 8.11. The van der Waals surface area contributed by atoms with Gasteiger partial charge in [0.15, 0.2) is 5.79 Å². The number of esters is 1. The van der Waals surface area contributed by atoms with Gasteiger partial charge in [-0.05, 0) is 58.4 Å². The number of ether oxygens (including phenoxy) is 3. The minimum Gasteiger partial charge on any atom is -0.462 e. The molecule has 0 aliphatic carbocycles. The van der Waals surface area contributed by atoms with Gasteiger partial charge in [-0.2, -0.15) is 0 Å². The van der Waals surface area contributed by atoms with Crippen molar-refractivity contribution in [3.63, 3.8) is 0 Å². The van der Waals surface area contributed by atoms with Gasteiger partial charge >= 0.3 is 5.97 Å². The fraction of sp³-hybridized carbons (Fsp3) is 0.711. The number of nitrogens with one attached hydrogen (secondary N) is 2. The third-order valence-corrected chi connectivity index (χ3v) is 8.45. The highest BCUT2D eigenvalue weighted by Crippen LogP contribution is 2.35. The Morgan fingerprint density at radius 3 is 2.09 bits per heavy atom. The number of amides is 2. The van der Waals surface area contributed by atoms with Crippen molar-refractivity contribution in [1.82, 2.24) is 10.6 Å². The number of hydrogen-bond donors (Lipinski definition) is 2. The third-order valence-electron chi connectivity index (χ3n) is 8.45. The number of hydrogen-bond acceptors (Lipinski definition) is 6. The van der Waals surface area contributed by atoms with E-state index >= 15 is 0 Å². The number of benzene rings is 1. The van der Waals surface area contributed by atoms with Crippen LogP contribution in [0.4, 0.5) is 0 Å². The van der Waals surface area contributed by atoms with Gasteiger partial charge in [0.05, 0.1) is 12.6 Å². The Balaban J connectivity index is 1.70. The summed E-state index contributed by atoms with van der Waals surface area (Å²) in [6.45, 7) is 11.5. The Labute approximate surface area is 278 Å². The molecule has 0 aromatic heterocycles. The van der Waals surface area contributed by atoms with Crippen LogP contribution in [0, 0.1) is 5.41 Å². The monoisotopic (exact) mass is 642 g/mol. The zero-order chi connectivity index (χ0) is 33.8. The molecule has 8 heteroatoms. The first-order valence-electron chi connectivity index (χ1n) is 17.7. The molecule has 1 fully saturated rings. The smallest absolute Gasteiger partial charge is 0.328 e. The van der Waals surface area contributed by atoms with Crippen molar-refractivity contribution in [2.24, 2.45) is 5.41 Å². The number of carbonyl (C=O) groups is 3. The van der Waals surface area contributed by atoms with Crippen LogP contribution in [0.2, 0.25) is 0 Å². The maximum absolute atomic E-state index is 13.0. The highest BCUT2D eigenvalue weighted by Gasteiger charge is 2.46. The molecule has 2 amide bonds. The van der Waals surface area contributed by atoms with E-state index in [1.54, 1.807) is 20.8 Å². The Bertz CT molecular complexity index is 1050. The molecule has 0 saturated carbocycles. The van der Waals surface area contributed by atoms with E-state index in [4.69, 9.17) is 14.2 Å². The Hall–Kier alpha value is -2.71. The van der Waals surface area contributed by atoms with Crippen LogP contribution in [-0.2, 0) is 28.6 Å². The van der Waals surface area contributed by atoms with Crippen molar-refractivity contribution in [1.29, 1.82) is 0 Å². The van der Waals surface area contributed by atoms with Gasteiger partial charge in [-0.15, -0.1) is 0 Å². The van der Waals surface area contributed by atoms with Crippen LogP contribution >= 0.6 is 0 Å². The minimum absolute atomic E-state index is 0.0343. The van der Waals surface area contributed by atoms with E-state index in [9.17, 15) is 14.4 Å². The maximum atomic E-state index is 13.0. The van der Waals surface area contributed by atoms with Gasteiger partial charge in [0.25, 0.3) is 5.91 Å². The molecule has 1 aromatic rings. The lowest BCUT2D eigenvalue weighted by Gasteiger charge is -2.44. The molecule has 0 radical (unpaired) electrons. The summed E-state index contributed by atoms with van der Waals surface area (Å²) < 4.78 is 17.2. The normalized spacial score (nSPS) is 18.5. The van der Waals surface area contributed by atoms with Crippen molar-refractivity contribution in [3.05, 3.63) is 48.0 Å². The van der Waals surface area contributed by atoms with Crippen LogP contribution < -0.4 is 10.6 Å². The van der Waals surface area contributed by atoms with Gasteiger partial charge in [0.1, 0.15) is 18.8 Å². The molecule has 2 N–H and O–H groups in total. The fourth-order valence-corrected chi connectivity index (χ4v) is 5.49. The molecule has 1 aromatic carbocycles. The van der Waals surface area contributed by atoms with Crippen LogP contribution in [0.5, 0.6) is 0 Å². The lowest BCUT2D eigenvalue weighted by molar-refractivity contribution is -0.304. The summed E-state index contributed by atoms with van der Waals surface area (Å²) in [5.74, 6) is -1.93. The summed E-state index contributed by atoms with van der Waals surface area (Å²) in [5.41, 5.74) is 0.292. The molecule has 8 nitrogen and oxygen atoms in total. The number of rotatable bonds is 22.